The molecule has 2 N–H and O–H groups in total. The van der Waals surface area contributed by atoms with Crippen LogP contribution >= 0.6 is 0 Å². The topological polar surface area (TPSA) is 126 Å². The van der Waals surface area contributed by atoms with Gasteiger partial charge in [-0.15, -0.1) is 9.81 Å². The molecule has 0 saturated heterocycles. The van der Waals surface area contributed by atoms with E-state index in [1.165, 1.54) is 37.4 Å². The highest BCUT2D eigenvalue weighted by molar-refractivity contribution is 6.10. The smallest absolute Gasteiger partial charge is 0.259 e. The van der Waals surface area contributed by atoms with Crippen molar-refractivity contribution in [2.24, 2.45) is 10.4 Å². The number of carbonyl (C=O) groups is 2. The molecule has 3 aromatic rings. The monoisotopic (exact) mass is 440 g/mol. The molecule has 0 heterocycles. The SMILES string of the molecule is COc1ccc(C(=O)Nc2ccc(F)c(N=O)c2)cc1C(=O)Nc1ccc(F)c(N=O)c1. The minimum Gasteiger partial charge on any atom is -0.496 e. The van der Waals surface area contributed by atoms with E-state index in [1.807, 2.05) is 0 Å². The average molecular weight is 440 g/mol. The first kappa shape index (κ1) is 22.2. The molecule has 0 atom stereocenters. The first-order chi connectivity index (χ1) is 15.4. The third-order valence-electron chi connectivity index (χ3n) is 4.31. The Morgan fingerprint density at radius 3 is 1.81 bits per heavy atom. The molecule has 2 amide bonds. The maximum atomic E-state index is 13.4. The number of rotatable bonds is 7. The Bertz CT molecular complexity index is 1230. The minimum atomic E-state index is -0.844. The van der Waals surface area contributed by atoms with Crippen LogP contribution in [0, 0.1) is 21.4 Å². The summed E-state index contributed by atoms with van der Waals surface area (Å²) in [5.41, 5.74) is -0.710. The number of hydrogen-bond donors (Lipinski definition) is 2. The zero-order valence-electron chi connectivity index (χ0n) is 16.4. The molecule has 0 radical (unpaired) electrons. The van der Waals surface area contributed by atoms with Crippen molar-refractivity contribution in [1.82, 2.24) is 0 Å². The molecular weight excluding hydrogens is 426 g/mol. The number of ether oxygens (including phenoxy) is 1. The van der Waals surface area contributed by atoms with Gasteiger partial charge in [0.05, 0.1) is 12.7 Å². The Hall–Kier alpha value is -4.54. The van der Waals surface area contributed by atoms with Gasteiger partial charge in [-0.25, -0.2) is 8.78 Å². The van der Waals surface area contributed by atoms with E-state index in [9.17, 15) is 28.2 Å². The molecule has 0 aliphatic heterocycles. The van der Waals surface area contributed by atoms with E-state index >= 15 is 0 Å². The predicted molar refractivity (Wildman–Crippen MR) is 113 cm³/mol. The third kappa shape index (κ3) is 4.78. The standard InChI is InChI=1S/C21H14F2N4O5/c1-32-19-7-2-11(20(28)24-12-3-5-15(22)17(9-12)26-30)8-14(19)21(29)25-13-4-6-16(23)18(10-13)27-31/h2-10H,1H3,(H,24,28)(H,25,29). The molecule has 0 bridgehead atoms. The van der Waals surface area contributed by atoms with Crippen LogP contribution in [-0.4, -0.2) is 18.9 Å². The number of carbonyl (C=O) groups excluding carboxylic acids is 2. The van der Waals surface area contributed by atoms with Crippen LogP contribution in [0.25, 0.3) is 0 Å². The quantitative estimate of drug-likeness (QED) is 0.484. The summed E-state index contributed by atoms with van der Waals surface area (Å²) in [7, 11) is 1.32. The Kier molecular flexibility index (Phi) is 6.59. The van der Waals surface area contributed by atoms with Gasteiger partial charge in [0.15, 0.2) is 11.6 Å². The van der Waals surface area contributed by atoms with Gasteiger partial charge >= 0.3 is 0 Å². The van der Waals surface area contributed by atoms with Gasteiger partial charge in [0.2, 0.25) is 0 Å². The molecule has 0 aliphatic rings. The Morgan fingerprint density at radius 1 is 0.781 bits per heavy atom. The zero-order valence-corrected chi connectivity index (χ0v) is 16.4. The Labute approximate surface area is 179 Å². The van der Waals surface area contributed by atoms with Crippen molar-refractivity contribution in [3.63, 3.8) is 0 Å². The van der Waals surface area contributed by atoms with Crippen LogP contribution in [0.4, 0.5) is 31.5 Å². The van der Waals surface area contributed by atoms with Crippen molar-refractivity contribution in [3.05, 3.63) is 87.2 Å². The van der Waals surface area contributed by atoms with Crippen LogP contribution in [-0.2, 0) is 0 Å². The summed E-state index contributed by atoms with van der Waals surface area (Å²) >= 11 is 0. The molecule has 9 nitrogen and oxygen atoms in total. The number of nitroso groups, excluding NO2 is 2. The average Bonchev–Trinajstić information content (AvgIpc) is 2.80. The molecule has 0 saturated carbocycles. The molecular formula is C21H14F2N4O5. The molecule has 0 aliphatic carbocycles. The van der Waals surface area contributed by atoms with Crippen molar-refractivity contribution < 1.29 is 23.1 Å². The fourth-order valence-corrected chi connectivity index (χ4v) is 2.75. The van der Waals surface area contributed by atoms with Crippen molar-refractivity contribution in [1.29, 1.82) is 0 Å². The fourth-order valence-electron chi connectivity index (χ4n) is 2.75. The van der Waals surface area contributed by atoms with E-state index in [-0.39, 0.29) is 28.3 Å². The number of halogens is 2. The van der Waals surface area contributed by atoms with E-state index in [0.717, 1.165) is 24.3 Å². The maximum Gasteiger partial charge on any atom is 0.259 e. The first-order valence-electron chi connectivity index (χ1n) is 8.93. The summed E-state index contributed by atoms with van der Waals surface area (Å²) in [4.78, 5) is 46.6. The highest BCUT2D eigenvalue weighted by Crippen LogP contribution is 2.26. The van der Waals surface area contributed by atoms with Crippen LogP contribution in [0.15, 0.2) is 65.0 Å². The third-order valence-corrected chi connectivity index (χ3v) is 4.31. The molecule has 3 aromatic carbocycles. The van der Waals surface area contributed by atoms with E-state index in [4.69, 9.17) is 4.74 Å². The van der Waals surface area contributed by atoms with Crippen molar-refractivity contribution in [2.75, 3.05) is 17.7 Å². The summed E-state index contributed by atoms with van der Waals surface area (Å²) < 4.78 is 32.0. The molecule has 0 fully saturated rings. The Balaban J connectivity index is 1.86. The molecule has 0 spiro atoms. The second-order valence-electron chi connectivity index (χ2n) is 6.34. The maximum absolute atomic E-state index is 13.4. The van der Waals surface area contributed by atoms with E-state index in [1.54, 1.807) is 0 Å². The van der Waals surface area contributed by atoms with Gasteiger partial charge in [-0.3, -0.25) is 9.59 Å². The predicted octanol–water partition coefficient (Wildman–Crippen LogP) is 5.27. The lowest BCUT2D eigenvalue weighted by atomic mass is 10.1. The summed E-state index contributed by atoms with van der Waals surface area (Å²) in [5, 5.41) is 10.0. The van der Waals surface area contributed by atoms with Gasteiger partial charge < -0.3 is 15.4 Å². The highest BCUT2D eigenvalue weighted by atomic mass is 19.1. The number of hydrogen-bond acceptors (Lipinski definition) is 7. The first-order valence-corrected chi connectivity index (χ1v) is 8.93. The lowest BCUT2D eigenvalue weighted by Gasteiger charge is -2.12. The van der Waals surface area contributed by atoms with Gasteiger partial charge in [-0.1, -0.05) is 0 Å². The van der Waals surface area contributed by atoms with E-state index < -0.39 is 34.8 Å². The Morgan fingerprint density at radius 2 is 1.31 bits per heavy atom. The number of amides is 2. The summed E-state index contributed by atoms with van der Waals surface area (Å²) in [6, 6.07) is 10.6. The normalized spacial score (nSPS) is 10.2. The summed E-state index contributed by atoms with van der Waals surface area (Å²) in [5.74, 6) is -2.89. The second-order valence-corrected chi connectivity index (χ2v) is 6.34. The van der Waals surface area contributed by atoms with E-state index in [2.05, 4.69) is 21.0 Å². The van der Waals surface area contributed by atoms with E-state index in [0.29, 0.717) is 0 Å². The number of nitrogens with zero attached hydrogens (tertiary/aromatic N) is 2. The van der Waals surface area contributed by atoms with Crippen molar-refractivity contribution in [2.45, 2.75) is 0 Å². The molecule has 32 heavy (non-hydrogen) atoms. The van der Waals surface area contributed by atoms with Gasteiger partial charge in [0.1, 0.15) is 17.1 Å². The van der Waals surface area contributed by atoms with Crippen LogP contribution in [0.2, 0.25) is 0 Å². The van der Waals surface area contributed by atoms with Gasteiger partial charge in [0, 0.05) is 16.9 Å². The molecule has 11 heteroatoms. The van der Waals surface area contributed by atoms with Crippen molar-refractivity contribution >= 4 is 34.6 Å². The van der Waals surface area contributed by atoms with Crippen LogP contribution in [0.3, 0.4) is 0 Å². The zero-order chi connectivity index (χ0) is 23.3. The lowest BCUT2D eigenvalue weighted by Crippen LogP contribution is -2.16. The number of nitrogens with one attached hydrogen (secondary N) is 2. The van der Waals surface area contributed by atoms with Gasteiger partial charge in [0.25, 0.3) is 11.8 Å². The number of benzene rings is 3. The van der Waals surface area contributed by atoms with Gasteiger partial charge in [-0.05, 0) is 65.0 Å². The largest absolute Gasteiger partial charge is 0.496 e. The van der Waals surface area contributed by atoms with Crippen LogP contribution in [0.1, 0.15) is 20.7 Å². The number of anilines is 2. The highest BCUT2D eigenvalue weighted by Gasteiger charge is 2.18. The summed E-state index contributed by atoms with van der Waals surface area (Å²) in [6.45, 7) is 0. The number of methoxy groups -OCH3 is 1. The molecule has 0 unspecified atom stereocenters. The van der Waals surface area contributed by atoms with Crippen LogP contribution in [0.5, 0.6) is 5.75 Å². The van der Waals surface area contributed by atoms with Gasteiger partial charge in [-0.2, -0.15) is 0 Å². The molecule has 162 valence electrons. The molecule has 3 rings (SSSR count). The fraction of sp³-hybridized carbons (Fsp3) is 0.0476. The lowest BCUT2D eigenvalue weighted by molar-refractivity contribution is 0.102. The molecule has 0 aromatic heterocycles. The van der Waals surface area contributed by atoms with Crippen LogP contribution < -0.4 is 15.4 Å². The minimum absolute atomic E-state index is 0.0283. The summed E-state index contributed by atoms with van der Waals surface area (Å²) in [6.07, 6.45) is 0. The second kappa shape index (κ2) is 9.51. The van der Waals surface area contributed by atoms with Crippen molar-refractivity contribution in [3.8, 4) is 5.75 Å².